The molecule has 1 aromatic heterocycles. The normalized spacial score (nSPS) is 9.94. The third-order valence-corrected chi connectivity index (χ3v) is 2.80. The zero-order valence-corrected chi connectivity index (χ0v) is 9.91. The maximum absolute atomic E-state index is 11.6. The number of thiazole rings is 1. The number of urea groups is 1. The van der Waals surface area contributed by atoms with E-state index < -0.39 is 0 Å². The second-order valence-electron chi connectivity index (χ2n) is 3.42. The van der Waals surface area contributed by atoms with Gasteiger partial charge in [0.25, 0.3) is 0 Å². The Morgan fingerprint density at radius 3 is 2.88 bits per heavy atom. The number of hydrogen-bond acceptors (Lipinski definition) is 4. The molecule has 0 atom stereocenters. The number of phenols is 1. The van der Waals surface area contributed by atoms with Crippen LogP contribution in [0, 0.1) is 6.92 Å². The Balaban J connectivity index is 2.03. The van der Waals surface area contributed by atoms with Crippen LogP contribution in [0.1, 0.15) is 5.56 Å². The van der Waals surface area contributed by atoms with Crippen molar-refractivity contribution < 1.29 is 9.90 Å². The molecule has 2 rings (SSSR count). The van der Waals surface area contributed by atoms with Crippen molar-refractivity contribution in [1.82, 2.24) is 4.98 Å². The molecule has 1 heterocycles. The Morgan fingerprint density at radius 1 is 1.41 bits per heavy atom. The molecule has 0 spiro atoms. The quantitative estimate of drug-likeness (QED) is 0.716. The molecule has 6 heteroatoms. The van der Waals surface area contributed by atoms with Gasteiger partial charge in [-0.15, -0.1) is 11.3 Å². The van der Waals surface area contributed by atoms with Crippen molar-refractivity contribution in [3.05, 3.63) is 35.3 Å². The van der Waals surface area contributed by atoms with Gasteiger partial charge in [-0.1, -0.05) is 0 Å². The van der Waals surface area contributed by atoms with E-state index in [-0.39, 0.29) is 11.8 Å². The van der Waals surface area contributed by atoms with E-state index in [9.17, 15) is 9.90 Å². The molecule has 0 aliphatic rings. The highest BCUT2D eigenvalue weighted by Gasteiger charge is 2.06. The number of aromatic nitrogens is 1. The molecular formula is C11H11N3O2S. The smallest absolute Gasteiger partial charge is 0.325 e. The molecule has 0 bridgehead atoms. The predicted molar refractivity (Wildman–Crippen MR) is 67.6 cm³/mol. The Labute approximate surface area is 102 Å². The summed E-state index contributed by atoms with van der Waals surface area (Å²) >= 11 is 1.35. The summed E-state index contributed by atoms with van der Waals surface area (Å²) in [4.78, 5) is 15.5. The first kappa shape index (κ1) is 11.4. The van der Waals surface area contributed by atoms with E-state index in [0.717, 1.165) is 5.56 Å². The van der Waals surface area contributed by atoms with Crippen LogP contribution in [0.25, 0.3) is 0 Å². The number of aromatic hydroxyl groups is 1. The van der Waals surface area contributed by atoms with Crippen LogP contribution in [0.2, 0.25) is 0 Å². The van der Waals surface area contributed by atoms with Gasteiger partial charge in [-0.2, -0.15) is 0 Å². The Hall–Kier alpha value is -2.08. The molecule has 0 aliphatic heterocycles. The van der Waals surface area contributed by atoms with Gasteiger partial charge in [0, 0.05) is 17.3 Å². The monoisotopic (exact) mass is 249 g/mol. The summed E-state index contributed by atoms with van der Waals surface area (Å²) in [5.41, 5.74) is 1.44. The van der Waals surface area contributed by atoms with Crippen LogP contribution in [0.5, 0.6) is 5.75 Å². The van der Waals surface area contributed by atoms with Gasteiger partial charge < -0.3 is 10.4 Å². The number of hydrogen-bond donors (Lipinski definition) is 3. The van der Waals surface area contributed by atoms with Gasteiger partial charge in [-0.05, 0) is 30.7 Å². The number of rotatable bonds is 2. The van der Waals surface area contributed by atoms with Gasteiger partial charge in [0.05, 0.1) is 0 Å². The van der Waals surface area contributed by atoms with Crippen molar-refractivity contribution >= 4 is 28.2 Å². The summed E-state index contributed by atoms with van der Waals surface area (Å²) in [6, 6.07) is 4.39. The first-order valence-corrected chi connectivity index (χ1v) is 5.80. The van der Waals surface area contributed by atoms with Crippen LogP contribution in [-0.4, -0.2) is 16.1 Å². The van der Waals surface area contributed by atoms with Crippen molar-refractivity contribution in [3.63, 3.8) is 0 Å². The standard InChI is InChI=1S/C11H11N3O2S/c1-7-6-8(15)2-3-9(7)13-10(16)14-11-12-4-5-17-11/h2-6,15H,1H3,(H2,12,13,14,16). The lowest BCUT2D eigenvalue weighted by Gasteiger charge is -2.08. The number of nitrogens with one attached hydrogen (secondary N) is 2. The summed E-state index contributed by atoms with van der Waals surface area (Å²) in [6.45, 7) is 1.80. The molecule has 0 saturated heterocycles. The molecule has 5 nitrogen and oxygen atoms in total. The predicted octanol–water partition coefficient (Wildman–Crippen LogP) is 2.80. The van der Waals surface area contributed by atoms with Gasteiger partial charge >= 0.3 is 6.03 Å². The Kier molecular flexibility index (Phi) is 3.24. The fourth-order valence-electron chi connectivity index (χ4n) is 1.32. The summed E-state index contributed by atoms with van der Waals surface area (Å²) in [7, 11) is 0. The molecule has 0 fully saturated rings. The SMILES string of the molecule is Cc1cc(O)ccc1NC(=O)Nc1nccs1. The van der Waals surface area contributed by atoms with Gasteiger partial charge in [0.1, 0.15) is 5.75 Å². The minimum Gasteiger partial charge on any atom is -0.508 e. The minimum atomic E-state index is -0.353. The minimum absolute atomic E-state index is 0.174. The second-order valence-corrected chi connectivity index (χ2v) is 4.31. The third kappa shape index (κ3) is 2.94. The van der Waals surface area contributed by atoms with Crippen LogP contribution in [0.4, 0.5) is 15.6 Å². The van der Waals surface area contributed by atoms with Gasteiger partial charge in [-0.25, -0.2) is 9.78 Å². The van der Waals surface area contributed by atoms with Crippen LogP contribution >= 0.6 is 11.3 Å². The number of nitrogens with zero attached hydrogens (tertiary/aromatic N) is 1. The van der Waals surface area contributed by atoms with E-state index in [2.05, 4.69) is 15.6 Å². The highest BCUT2D eigenvalue weighted by molar-refractivity contribution is 7.13. The fraction of sp³-hybridized carbons (Fsp3) is 0.0909. The maximum atomic E-state index is 11.6. The highest BCUT2D eigenvalue weighted by atomic mass is 32.1. The molecule has 17 heavy (non-hydrogen) atoms. The number of amides is 2. The molecule has 2 aromatic rings. The van der Waals surface area contributed by atoms with E-state index in [1.54, 1.807) is 30.6 Å². The summed E-state index contributed by atoms with van der Waals surface area (Å²) in [6.07, 6.45) is 1.62. The molecule has 88 valence electrons. The third-order valence-electron chi connectivity index (χ3n) is 2.11. The van der Waals surface area contributed by atoms with E-state index in [1.807, 2.05) is 0 Å². The number of anilines is 2. The topological polar surface area (TPSA) is 74.2 Å². The molecule has 0 unspecified atom stereocenters. The lowest BCUT2D eigenvalue weighted by molar-refractivity contribution is 0.262. The van der Waals surface area contributed by atoms with Crippen molar-refractivity contribution in [2.75, 3.05) is 10.6 Å². The number of carbonyl (C=O) groups excluding carboxylic acids is 1. The van der Waals surface area contributed by atoms with Crippen LogP contribution in [0.3, 0.4) is 0 Å². The number of benzene rings is 1. The number of phenolic OH excluding ortho intramolecular Hbond substituents is 1. The van der Waals surface area contributed by atoms with Crippen LogP contribution in [0.15, 0.2) is 29.8 Å². The fourth-order valence-corrected chi connectivity index (χ4v) is 1.85. The van der Waals surface area contributed by atoms with Gasteiger partial charge in [0.15, 0.2) is 5.13 Å². The van der Waals surface area contributed by atoms with Crippen molar-refractivity contribution in [2.24, 2.45) is 0 Å². The van der Waals surface area contributed by atoms with E-state index >= 15 is 0 Å². The maximum Gasteiger partial charge on any atom is 0.325 e. The van der Waals surface area contributed by atoms with Crippen molar-refractivity contribution in [2.45, 2.75) is 6.92 Å². The molecule has 1 aromatic carbocycles. The summed E-state index contributed by atoms with van der Waals surface area (Å²) < 4.78 is 0. The second kappa shape index (κ2) is 4.84. The summed E-state index contributed by atoms with van der Waals surface area (Å²) in [5.74, 6) is 0.174. The number of aryl methyl sites for hydroxylation is 1. The number of carbonyl (C=O) groups is 1. The van der Waals surface area contributed by atoms with E-state index in [0.29, 0.717) is 10.8 Å². The molecule has 0 saturated carbocycles. The largest absolute Gasteiger partial charge is 0.508 e. The molecule has 0 aliphatic carbocycles. The van der Waals surface area contributed by atoms with Crippen molar-refractivity contribution in [1.29, 1.82) is 0 Å². The zero-order chi connectivity index (χ0) is 12.3. The highest BCUT2D eigenvalue weighted by Crippen LogP contribution is 2.20. The lowest BCUT2D eigenvalue weighted by atomic mass is 10.2. The Morgan fingerprint density at radius 2 is 2.24 bits per heavy atom. The zero-order valence-electron chi connectivity index (χ0n) is 9.10. The average molecular weight is 249 g/mol. The molecule has 0 radical (unpaired) electrons. The van der Waals surface area contributed by atoms with Crippen LogP contribution in [-0.2, 0) is 0 Å². The van der Waals surface area contributed by atoms with Gasteiger partial charge in [-0.3, -0.25) is 5.32 Å². The van der Waals surface area contributed by atoms with E-state index in [1.165, 1.54) is 17.4 Å². The first-order chi connectivity index (χ1) is 8.15. The van der Waals surface area contributed by atoms with Crippen LogP contribution < -0.4 is 10.6 Å². The summed E-state index contributed by atoms with van der Waals surface area (Å²) in [5, 5.41) is 16.9. The molecular weight excluding hydrogens is 238 g/mol. The van der Waals surface area contributed by atoms with Crippen molar-refractivity contribution in [3.8, 4) is 5.75 Å². The molecule has 2 amide bonds. The van der Waals surface area contributed by atoms with Gasteiger partial charge in [0.2, 0.25) is 0 Å². The first-order valence-electron chi connectivity index (χ1n) is 4.92. The molecule has 3 N–H and O–H groups in total. The Bertz CT molecular complexity index is 526. The average Bonchev–Trinajstić information content (AvgIpc) is 2.75. The lowest BCUT2D eigenvalue weighted by Crippen LogP contribution is -2.19. The van der Waals surface area contributed by atoms with E-state index in [4.69, 9.17) is 0 Å².